The van der Waals surface area contributed by atoms with Crippen molar-refractivity contribution in [2.75, 3.05) is 13.1 Å². The highest BCUT2D eigenvalue weighted by Gasteiger charge is 2.41. The van der Waals surface area contributed by atoms with Gasteiger partial charge in [0.2, 0.25) is 0 Å². The first-order chi connectivity index (χ1) is 12.6. The summed E-state index contributed by atoms with van der Waals surface area (Å²) in [5, 5.41) is 10.5. The summed E-state index contributed by atoms with van der Waals surface area (Å²) >= 11 is 0. The van der Waals surface area contributed by atoms with Crippen molar-refractivity contribution in [3.8, 4) is 0 Å². The Hall–Kier alpha value is -3.15. The summed E-state index contributed by atoms with van der Waals surface area (Å²) in [5.41, 5.74) is 2.45. The summed E-state index contributed by atoms with van der Waals surface area (Å²) < 4.78 is 1.97. The molecule has 0 radical (unpaired) electrons. The lowest BCUT2D eigenvalue weighted by atomic mass is 9.90. The van der Waals surface area contributed by atoms with E-state index in [-0.39, 0.29) is 18.4 Å². The van der Waals surface area contributed by atoms with Gasteiger partial charge in [-0.05, 0) is 29.8 Å². The van der Waals surface area contributed by atoms with Crippen LogP contribution in [0.15, 0.2) is 55.0 Å². The highest BCUT2D eigenvalue weighted by atomic mass is 16.4. The van der Waals surface area contributed by atoms with E-state index in [2.05, 4.69) is 4.98 Å². The monoisotopic (exact) mass is 349 g/mol. The van der Waals surface area contributed by atoms with Crippen LogP contribution in [0, 0.1) is 5.92 Å². The molecule has 1 N–H and O–H groups in total. The first-order valence-corrected chi connectivity index (χ1v) is 8.52. The van der Waals surface area contributed by atoms with E-state index >= 15 is 0 Å². The number of carbonyl (C=O) groups excluding carboxylic acids is 1. The normalized spacial score (nSPS) is 19.8. The van der Waals surface area contributed by atoms with Crippen LogP contribution in [0.5, 0.6) is 0 Å². The van der Waals surface area contributed by atoms with Gasteiger partial charge in [-0.1, -0.05) is 12.1 Å². The second kappa shape index (κ2) is 6.29. The van der Waals surface area contributed by atoms with Crippen molar-refractivity contribution in [2.24, 2.45) is 13.0 Å². The largest absolute Gasteiger partial charge is 0.481 e. The third kappa shape index (κ3) is 2.63. The van der Waals surface area contributed by atoms with Crippen molar-refractivity contribution in [1.29, 1.82) is 0 Å². The average Bonchev–Trinajstić information content (AvgIpc) is 3.26. The second-order valence-electron chi connectivity index (χ2n) is 6.71. The number of aromatic nitrogens is 2. The van der Waals surface area contributed by atoms with Crippen molar-refractivity contribution in [3.63, 3.8) is 0 Å². The number of aliphatic carboxylic acids is 1. The van der Waals surface area contributed by atoms with Crippen LogP contribution in [0.1, 0.15) is 21.8 Å². The van der Waals surface area contributed by atoms with Crippen LogP contribution in [0.4, 0.5) is 0 Å². The van der Waals surface area contributed by atoms with E-state index in [0.717, 1.165) is 16.5 Å². The number of likely N-dealkylation sites (tertiary alicyclic amines) is 1. The van der Waals surface area contributed by atoms with Gasteiger partial charge in [-0.15, -0.1) is 0 Å². The van der Waals surface area contributed by atoms with Crippen LogP contribution in [0.25, 0.3) is 10.9 Å². The highest BCUT2D eigenvalue weighted by Crippen LogP contribution is 2.34. The van der Waals surface area contributed by atoms with Gasteiger partial charge in [0.1, 0.15) is 0 Å². The Bertz CT molecular complexity index is 980. The van der Waals surface area contributed by atoms with Gasteiger partial charge in [-0.3, -0.25) is 14.6 Å². The molecule has 0 spiro atoms. The van der Waals surface area contributed by atoms with Gasteiger partial charge >= 0.3 is 5.97 Å². The fraction of sp³-hybridized carbons (Fsp3) is 0.250. The van der Waals surface area contributed by atoms with Gasteiger partial charge < -0.3 is 14.6 Å². The zero-order valence-electron chi connectivity index (χ0n) is 14.4. The molecule has 26 heavy (non-hydrogen) atoms. The molecule has 1 amide bonds. The van der Waals surface area contributed by atoms with Crippen molar-refractivity contribution >= 4 is 22.8 Å². The van der Waals surface area contributed by atoms with E-state index in [1.807, 2.05) is 42.1 Å². The van der Waals surface area contributed by atoms with Crippen molar-refractivity contribution < 1.29 is 14.7 Å². The summed E-state index contributed by atoms with van der Waals surface area (Å²) in [6, 6.07) is 11.2. The van der Waals surface area contributed by atoms with E-state index in [0.29, 0.717) is 12.1 Å². The van der Waals surface area contributed by atoms with Gasteiger partial charge in [0.15, 0.2) is 0 Å². The van der Waals surface area contributed by atoms with Gasteiger partial charge in [0.05, 0.1) is 5.92 Å². The van der Waals surface area contributed by atoms with Crippen LogP contribution < -0.4 is 0 Å². The average molecular weight is 349 g/mol. The van der Waals surface area contributed by atoms with E-state index in [1.54, 1.807) is 29.4 Å². The van der Waals surface area contributed by atoms with Gasteiger partial charge in [-0.25, -0.2) is 0 Å². The molecule has 0 aliphatic carbocycles. The predicted octanol–water partition coefficient (Wildman–Crippen LogP) is 2.51. The molecule has 1 aliphatic rings. The van der Waals surface area contributed by atoms with E-state index in [9.17, 15) is 14.7 Å². The molecule has 1 aromatic carbocycles. The second-order valence-corrected chi connectivity index (χ2v) is 6.71. The Morgan fingerprint density at radius 1 is 1.15 bits per heavy atom. The number of carbonyl (C=O) groups is 2. The SMILES string of the molecule is Cn1ccc2c(C(=O)N3C[C@H](C(=O)O)[C@@H](c4cccnc4)C3)cccc21. The summed E-state index contributed by atoms with van der Waals surface area (Å²) in [6.45, 7) is 0.585. The van der Waals surface area contributed by atoms with Crippen LogP contribution in [0.2, 0.25) is 0 Å². The molecule has 2 aromatic heterocycles. The van der Waals surface area contributed by atoms with Crippen LogP contribution in [-0.2, 0) is 11.8 Å². The Labute approximate surface area is 150 Å². The maximum Gasteiger partial charge on any atom is 0.308 e. The molecule has 1 aliphatic heterocycles. The number of hydrogen-bond acceptors (Lipinski definition) is 3. The molecule has 1 fully saturated rings. The molecule has 0 saturated carbocycles. The molecule has 6 heteroatoms. The number of rotatable bonds is 3. The predicted molar refractivity (Wildman–Crippen MR) is 96.9 cm³/mol. The Kier molecular flexibility index (Phi) is 3.95. The minimum absolute atomic E-state index is 0.126. The number of pyridine rings is 1. The van der Waals surface area contributed by atoms with Crippen LogP contribution in [0.3, 0.4) is 0 Å². The van der Waals surface area contributed by atoms with Gasteiger partial charge in [-0.2, -0.15) is 0 Å². The molecule has 0 bridgehead atoms. The maximum absolute atomic E-state index is 13.1. The molecule has 3 heterocycles. The van der Waals surface area contributed by atoms with E-state index < -0.39 is 11.9 Å². The molecule has 3 aromatic rings. The van der Waals surface area contributed by atoms with Gasteiger partial charge in [0.25, 0.3) is 5.91 Å². The quantitative estimate of drug-likeness (QED) is 0.788. The number of aryl methyl sites for hydroxylation is 1. The number of fused-ring (bicyclic) bond motifs is 1. The van der Waals surface area contributed by atoms with Crippen LogP contribution in [-0.4, -0.2) is 44.5 Å². The first-order valence-electron chi connectivity index (χ1n) is 8.52. The standard InChI is InChI=1S/C20H19N3O3/c1-22-9-7-14-15(5-2-6-18(14)22)19(24)23-11-16(17(12-23)20(25)26)13-4-3-8-21-10-13/h2-10,16-17H,11-12H2,1H3,(H,25,26)/t16-,17+/m1/s1. The molecule has 4 rings (SSSR count). The summed E-state index contributed by atoms with van der Waals surface area (Å²) in [7, 11) is 1.94. The molecule has 132 valence electrons. The lowest BCUT2D eigenvalue weighted by Crippen LogP contribution is -2.30. The molecule has 6 nitrogen and oxygen atoms in total. The van der Waals surface area contributed by atoms with Crippen molar-refractivity contribution in [2.45, 2.75) is 5.92 Å². The minimum Gasteiger partial charge on any atom is -0.481 e. The van der Waals surface area contributed by atoms with Crippen molar-refractivity contribution in [3.05, 3.63) is 66.1 Å². The number of carboxylic acids is 1. The summed E-state index contributed by atoms with van der Waals surface area (Å²) in [4.78, 5) is 30.6. The molecular weight excluding hydrogens is 330 g/mol. The molecular formula is C20H19N3O3. The Morgan fingerprint density at radius 3 is 2.73 bits per heavy atom. The molecule has 0 unspecified atom stereocenters. The van der Waals surface area contributed by atoms with E-state index in [4.69, 9.17) is 0 Å². The zero-order valence-corrected chi connectivity index (χ0v) is 14.4. The zero-order chi connectivity index (χ0) is 18.3. The number of carboxylic acid groups (broad SMARTS) is 1. The van der Waals surface area contributed by atoms with Gasteiger partial charge in [0, 0.05) is 61.1 Å². The molecule has 2 atom stereocenters. The summed E-state index contributed by atoms with van der Waals surface area (Å²) in [5.74, 6) is -1.88. The first kappa shape index (κ1) is 16.3. The highest BCUT2D eigenvalue weighted by molar-refractivity contribution is 6.06. The smallest absolute Gasteiger partial charge is 0.308 e. The fourth-order valence-corrected chi connectivity index (χ4v) is 3.81. The lowest BCUT2D eigenvalue weighted by molar-refractivity contribution is -0.141. The number of amides is 1. The van der Waals surface area contributed by atoms with Crippen LogP contribution >= 0.6 is 0 Å². The number of benzene rings is 1. The fourth-order valence-electron chi connectivity index (χ4n) is 3.81. The van der Waals surface area contributed by atoms with E-state index in [1.165, 1.54) is 0 Å². The van der Waals surface area contributed by atoms with Crippen molar-refractivity contribution in [1.82, 2.24) is 14.5 Å². The minimum atomic E-state index is -0.882. The molecule has 1 saturated heterocycles. The third-order valence-corrected chi connectivity index (χ3v) is 5.20. The number of hydrogen-bond donors (Lipinski definition) is 1. The number of nitrogens with zero attached hydrogens (tertiary/aromatic N) is 3. The summed E-state index contributed by atoms with van der Waals surface area (Å²) in [6.07, 6.45) is 5.27. The third-order valence-electron chi connectivity index (χ3n) is 5.20. The Balaban J connectivity index is 1.67. The topological polar surface area (TPSA) is 75.4 Å². The lowest BCUT2D eigenvalue weighted by Gasteiger charge is -2.17. The maximum atomic E-state index is 13.1. The Morgan fingerprint density at radius 2 is 2.00 bits per heavy atom.